The third-order valence-corrected chi connectivity index (χ3v) is 5.51. The van der Waals surface area contributed by atoms with Gasteiger partial charge in [0.1, 0.15) is 5.75 Å². The fourth-order valence-corrected chi connectivity index (χ4v) is 3.79. The summed E-state index contributed by atoms with van der Waals surface area (Å²) in [5.41, 5.74) is 0.617. The molecule has 0 bridgehead atoms. The summed E-state index contributed by atoms with van der Waals surface area (Å²) < 4.78 is 29.2. The molecule has 3 aromatic rings. The summed E-state index contributed by atoms with van der Waals surface area (Å²) in [6.07, 6.45) is 1.14. The zero-order chi connectivity index (χ0) is 18.0. The third kappa shape index (κ3) is 4.47. The van der Waals surface area contributed by atoms with Gasteiger partial charge in [0.25, 0.3) is 5.91 Å². The molecule has 0 radical (unpaired) electrons. The molecule has 0 fully saturated rings. The van der Waals surface area contributed by atoms with Gasteiger partial charge in [-0.15, -0.1) is 0 Å². The van der Waals surface area contributed by atoms with Gasteiger partial charge in [-0.25, -0.2) is 13.4 Å². The largest absolute Gasteiger partial charge is 0.484 e. The van der Waals surface area contributed by atoms with E-state index in [2.05, 4.69) is 10.3 Å². The molecule has 1 heterocycles. The number of sulfone groups is 1. The van der Waals surface area contributed by atoms with Crippen molar-refractivity contribution in [1.29, 1.82) is 0 Å². The highest BCUT2D eigenvalue weighted by molar-refractivity contribution is 7.90. The number of benzene rings is 2. The summed E-state index contributed by atoms with van der Waals surface area (Å²) in [7, 11) is -3.29. The molecule has 0 unspecified atom stereocenters. The summed E-state index contributed by atoms with van der Waals surface area (Å²) in [5, 5.41) is 3.60. The van der Waals surface area contributed by atoms with Gasteiger partial charge in [-0.1, -0.05) is 22.9 Å². The molecule has 0 atom stereocenters. The molecule has 25 heavy (non-hydrogen) atoms. The van der Waals surface area contributed by atoms with Gasteiger partial charge in [-0.3, -0.25) is 10.1 Å². The number of hydrogen-bond donors (Lipinski definition) is 1. The Labute approximate surface area is 153 Å². The van der Waals surface area contributed by atoms with Crippen molar-refractivity contribution in [3.63, 3.8) is 0 Å². The maximum atomic E-state index is 12.0. The van der Waals surface area contributed by atoms with E-state index in [-0.39, 0.29) is 17.4 Å². The number of aromatic nitrogens is 1. The number of carbonyl (C=O) groups is 1. The van der Waals surface area contributed by atoms with Crippen LogP contribution < -0.4 is 10.1 Å². The fraction of sp³-hybridized carbons (Fsp3) is 0.125. The minimum absolute atomic E-state index is 0.174. The number of fused-ring (bicyclic) bond motifs is 1. The van der Waals surface area contributed by atoms with Crippen LogP contribution in [0.25, 0.3) is 10.2 Å². The van der Waals surface area contributed by atoms with Crippen LogP contribution in [0.5, 0.6) is 5.75 Å². The van der Waals surface area contributed by atoms with E-state index < -0.39 is 9.84 Å². The predicted octanol–water partition coefficient (Wildman–Crippen LogP) is 3.37. The lowest BCUT2D eigenvalue weighted by molar-refractivity contribution is -0.118. The summed E-state index contributed by atoms with van der Waals surface area (Å²) in [4.78, 5) is 16.4. The summed E-state index contributed by atoms with van der Waals surface area (Å²) >= 11 is 6.98. The molecule has 3 rings (SSSR count). The van der Waals surface area contributed by atoms with E-state index in [1.54, 1.807) is 36.4 Å². The Morgan fingerprint density at radius 2 is 1.96 bits per heavy atom. The molecule has 0 aliphatic heterocycles. The van der Waals surface area contributed by atoms with Crippen LogP contribution >= 0.6 is 22.9 Å². The molecule has 2 aromatic carbocycles. The van der Waals surface area contributed by atoms with Crippen LogP contribution in [0.2, 0.25) is 5.02 Å². The van der Waals surface area contributed by atoms with Gasteiger partial charge >= 0.3 is 0 Å². The van der Waals surface area contributed by atoms with E-state index >= 15 is 0 Å². The first-order chi connectivity index (χ1) is 11.8. The van der Waals surface area contributed by atoms with Crippen molar-refractivity contribution in [2.45, 2.75) is 4.90 Å². The highest BCUT2D eigenvalue weighted by Crippen LogP contribution is 2.28. The van der Waals surface area contributed by atoms with Gasteiger partial charge in [-0.2, -0.15) is 0 Å². The van der Waals surface area contributed by atoms with Crippen molar-refractivity contribution >= 4 is 54.0 Å². The minimum atomic E-state index is -3.29. The van der Waals surface area contributed by atoms with Crippen LogP contribution in [0.4, 0.5) is 5.13 Å². The number of anilines is 1. The molecule has 1 N–H and O–H groups in total. The smallest absolute Gasteiger partial charge is 0.264 e. The summed E-state index contributed by atoms with van der Waals surface area (Å²) in [6, 6.07) is 11.3. The highest BCUT2D eigenvalue weighted by Gasteiger charge is 2.12. The standard InChI is InChI=1S/C16H13ClN2O4S2/c1-25(21,22)12-6-7-13-14(8-12)24-16(18-13)19-15(20)9-23-11-4-2-10(17)3-5-11/h2-8H,9H2,1H3,(H,18,19,20). The van der Waals surface area contributed by atoms with Crippen LogP contribution in [0.3, 0.4) is 0 Å². The van der Waals surface area contributed by atoms with E-state index in [1.165, 1.54) is 17.4 Å². The molecule has 0 spiro atoms. The first-order valence-electron chi connectivity index (χ1n) is 7.10. The molecule has 0 saturated carbocycles. The number of carbonyl (C=O) groups excluding carboxylic acids is 1. The molecule has 6 nitrogen and oxygen atoms in total. The maximum absolute atomic E-state index is 12.0. The summed E-state index contributed by atoms with van der Waals surface area (Å²) in [6.45, 7) is -0.174. The lowest BCUT2D eigenvalue weighted by Crippen LogP contribution is -2.19. The van der Waals surface area contributed by atoms with Crippen LogP contribution in [0, 0.1) is 0 Å². The Morgan fingerprint density at radius 3 is 2.64 bits per heavy atom. The third-order valence-electron chi connectivity index (χ3n) is 3.22. The van der Waals surface area contributed by atoms with Crippen molar-refractivity contribution in [3.8, 4) is 5.75 Å². The van der Waals surface area contributed by atoms with Crippen molar-refractivity contribution in [1.82, 2.24) is 4.98 Å². The average Bonchev–Trinajstić information content (AvgIpc) is 2.94. The number of halogens is 1. The van der Waals surface area contributed by atoms with E-state index in [1.807, 2.05) is 0 Å². The molecule has 1 amide bonds. The van der Waals surface area contributed by atoms with Crippen molar-refractivity contribution in [2.75, 3.05) is 18.2 Å². The van der Waals surface area contributed by atoms with Crippen molar-refractivity contribution < 1.29 is 17.9 Å². The van der Waals surface area contributed by atoms with E-state index in [0.29, 0.717) is 26.1 Å². The van der Waals surface area contributed by atoms with Crippen molar-refractivity contribution in [3.05, 3.63) is 47.5 Å². The zero-order valence-electron chi connectivity index (χ0n) is 13.0. The Morgan fingerprint density at radius 1 is 1.24 bits per heavy atom. The molecule has 130 valence electrons. The number of nitrogens with one attached hydrogen (secondary N) is 1. The second kappa shape index (κ2) is 6.99. The monoisotopic (exact) mass is 396 g/mol. The molecule has 0 aliphatic rings. The van der Waals surface area contributed by atoms with Crippen LogP contribution in [0.15, 0.2) is 47.4 Å². The molecule has 0 aliphatic carbocycles. The second-order valence-electron chi connectivity index (χ2n) is 5.21. The Balaban J connectivity index is 1.67. The fourth-order valence-electron chi connectivity index (χ4n) is 2.02. The Bertz CT molecular complexity index is 1030. The first kappa shape index (κ1) is 17.7. The quantitative estimate of drug-likeness (QED) is 0.714. The SMILES string of the molecule is CS(=O)(=O)c1ccc2nc(NC(=O)COc3ccc(Cl)cc3)sc2c1. The van der Waals surface area contributed by atoms with E-state index in [9.17, 15) is 13.2 Å². The topological polar surface area (TPSA) is 85.4 Å². The maximum Gasteiger partial charge on any atom is 0.264 e. The van der Waals surface area contributed by atoms with Gasteiger partial charge in [0, 0.05) is 11.3 Å². The van der Waals surface area contributed by atoms with Gasteiger partial charge < -0.3 is 4.74 Å². The Hall–Kier alpha value is -2.16. The predicted molar refractivity (Wildman–Crippen MR) is 98.3 cm³/mol. The van der Waals surface area contributed by atoms with Crippen LogP contribution in [0.1, 0.15) is 0 Å². The van der Waals surface area contributed by atoms with Crippen LogP contribution in [-0.4, -0.2) is 32.2 Å². The molecule has 9 heteroatoms. The van der Waals surface area contributed by atoms with Gasteiger partial charge in [0.05, 0.1) is 15.1 Å². The van der Waals surface area contributed by atoms with Gasteiger partial charge in [0.2, 0.25) is 0 Å². The molecular formula is C16H13ClN2O4S2. The van der Waals surface area contributed by atoms with Crippen LogP contribution in [-0.2, 0) is 14.6 Å². The average molecular weight is 397 g/mol. The van der Waals surface area contributed by atoms with E-state index in [0.717, 1.165) is 6.26 Å². The lowest BCUT2D eigenvalue weighted by Gasteiger charge is -2.05. The highest BCUT2D eigenvalue weighted by atomic mass is 35.5. The first-order valence-corrected chi connectivity index (χ1v) is 10.2. The zero-order valence-corrected chi connectivity index (χ0v) is 15.4. The molecular weight excluding hydrogens is 384 g/mol. The minimum Gasteiger partial charge on any atom is -0.484 e. The van der Waals surface area contributed by atoms with E-state index in [4.69, 9.17) is 16.3 Å². The summed E-state index contributed by atoms with van der Waals surface area (Å²) in [5.74, 6) is 0.166. The second-order valence-corrected chi connectivity index (χ2v) is 8.69. The number of hydrogen-bond acceptors (Lipinski definition) is 6. The van der Waals surface area contributed by atoms with Gasteiger partial charge in [-0.05, 0) is 42.5 Å². The van der Waals surface area contributed by atoms with Gasteiger partial charge in [0.15, 0.2) is 21.6 Å². The molecule has 1 aromatic heterocycles. The Kier molecular flexibility index (Phi) is 4.94. The number of thiazole rings is 1. The lowest BCUT2D eigenvalue weighted by atomic mass is 10.3. The normalized spacial score (nSPS) is 11.4. The number of rotatable bonds is 5. The molecule has 0 saturated heterocycles. The number of amides is 1. The van der Waals surface area contributed by atoms with Crippen molar-refractivity contribution in [2.24, 2.45) is 0 Å². The number of ether oxygens (including phenoxy) is 1. The number of nitrogens with zero attached hydrogens (tertiary/aromatic N) is 1.